The molecular formula is C18H22Br2O5. The van der Waals surface area contributed by atoms with Gasteiger partial charge in [0.25, 0.3) is 0 Å². The summed E-state index contributed by atoms with van der Waals surface area (Å²) in [4.78, 5) is 10.6. The third-order valence-electron chi connectivity index (χ3n) is 2.83. The molecule has 5 nitrogen and oxygen atoms in total. The van der Waals surface area contributed by atoms with Crippen LogP contribution in [0.4, 0.5) is 0 Å². The summed E-state index contributed by atoms with van der Waals surface area (Å²) in [6.07, 6.45) is 0. The first-order valence-corrected chi connectivity index (χ1v) is 9.01. The highest BCUT2D eigenvalue weighted by atomic mass is 79.9. The minimum absolute atomic E-state index is 0.0256. The minimum Gasteiger partial charge on any atom is -0.497 e. The number of methoxy groups -OCH3 is 2. The molecule has 0 aliphatic carbocycles. The van der Waals surface area contributed by atoms with Crippen molar-refractivity contribution < 1.29 is 24.5 Å². The van der Waals surface area contributed by atoms with E-state index in [1.807, 2.05) is 26.0 Å². The van der Waals surface area contributed by atoms with Crippen LogP contribution in [0, 0.1) is 0 Å². The van der Waals surface area contributed by atoms with Crippen LogP contribution in [-0.2, 0) is 6.61 Å². The lowest BCUT2D eigenvalue weighted by Crippen LogP contribution is -1.98. The van der Waals surface area contributed by atoms with Crippen LogP contribution >= 0.6 is 31.9 Å². The van der Waals surface area contributed by atoms with Crippen LogP contribution in [0.1, 0.15) is 29.8 Å². The van der Waals surface area contributed by atoms with Crippen molar-refractivity contribution in [3.05, 3.63) is 56.5 Å². The predicted octanol–water partition coefficient (Wildman–Crippen LogP) is 5.13. The quantitative estimate of drug-likeness (QED) is 0.638. The van der Waals surface area contributed by atoms with E-state index in [1.54, 1.807) is 25.3 Å². The van der Waals surface area contributed by atoms with Gasteiger partial charge in [0, 0.05) is 8.95 Å². The lowest BCUT2D eigenvalue weighted by molar-refractivity contribution is 0.0695. The summed E-state index contributed by atoms with van der Waals surface area (Å²) >= 11 is 6.43. The van der Waals surface area contributed by atoms with Gasteiger partial charge < -0.3 is 19.7 Å². The molecule has 0 saturated carbocycles. The van der Waals surface area contributed by atoms with E-state index in [4.69, 9.17) is 19.7 Å². The van der Waals surface area contributed by atoms with E-state index in [-0.39, 0.29) is 12.2 Å². The van der Waals surface area contributed by atoms with Gasteiger partial charge in [-0.25, -0.2) is 4.79 Å². The van der Waals surface area contributed by atoms with Crippen LogP contribution in [0.2, 0.25) is 0 Å². The molecule has 7 heteroatoms. The number of carboxylic acids is 1. The van der Waals surface area contributed by atoms with Crippen molar-refractivity contribution in [2.45, 2.75) is 20.5 Å². The number of ether oxygens (including phenoxy) is 2. The first kappa shape index (κ1) is 23.4. The van der Waals surface area contributed by atoms with Crippen LogP contribution in [0.25, 0.3) is 0 Å². The molecule has 0 unspecified atom stereocenters. The average molecular weight is 478 g/mol. The van der Waals surface area contributed by atoms with Crippen molar-refractivity contribution in [1.82, 2.24) is 0 Å². The Morgan fingerprint density at radius 1 is 0.960 bits per heavy atom. The van der Waals surface area contributed by atoms with Crippen molar-refractivity contribution in [3.63, 3.8) is 0 Å². The van der Waals surface area contributed by atoms with Gasteiger partial charge in [0.05, 0.1) is 26.4 Å². The summed E-state index contributed by atoms with van der Waals surface area (Å²) < 4.78 is 11.3. The summed E-state index contributed by atoms with van der Waals surface area (Å²) in [6, 6.07) is 10.3. The van der Waals surface area contributed by atoms with Crippen LogP contribution in [0.5, 0.6) is 11.5 Å². The van der Waals surface area contributed by atoms with Crippen LogP contribution in [0.3, 0.4) is 0 Å². The zero-order valence-corrected chi connectivity index (χ0v) is 17.7. The van der Waals surface area contributed by atoms with Gasteiger partial charge in [-0.1, -0.05) is 29.8 Å². The molecule has 0 aromatic heterocycles. The number of hydrogen-bond donors (Lipinski definition) is 2. The Kier molecular flexibility index (Phi) is 11.9. The van der Waals surface area contributed by atoms with Crippen LogP contribution < -0.4 is 9.47 Å². The monoisotopic (exact) mass is 476 g/mol. The van der Waals surface area contributed by atoms with E-state index in [2.05, 4.69) is 31.9 Å². The Labute approximate surface area is 164 Å². The Hall–Kier alpha value is -1.57. The van der Waals surface area contributed by atoms with E-state index in [1.165, 1.54) is 13.2 Å². The molecule has 2 rings (SSSR count). The van der Waals surface area contributed by atoms with E-state index in [0.29, 0.717) is 10.2 Å². The molecule has 0 aliphatic rings. The van der Waals surface area contributed by atoms with Crippen LogP contribution in [0.15, 0.2) is 45.3 Å². The average Bonchev–Trinajstić information content (AvgIpc) is 2.64. The largest absolute Gasteiger partial charge is 0.497 e. The zero-order chi connectivity index (χ0) is 19.4. The number of carboxylic acid groups (broad SMARTS) is 1. The lowest BCUT2D eigenvalue weighted by atomic mass is 10.2. The molecule has 0 atom stereocenters. The summed E-state index contributed by atoms with van der Waals surface area (Å²) in [5.41, 5.74) is 1.04. The molecule has 2 aromatic rings. The smallest absolute Gasteiger partial charge is 0.336 e. The van der Waals surface area contributed by atoms with Crippen molar-refractivity contribution in [3.8, 4) is 11.5 Å². The Balaban J connectivity index is 0.000000421. The molecule has 0 saturated heterocycles. The van der Waals surface area contributed by atoms with Crippen LogP contribution in [-0.4, -0.2) is 30.4 Å². The molecule has 0 bridgehead atoms. The molecule has 25 heavy (non-hydrogen) atoms. The maximum absolute atomic E-state index is 10.6. The maximum Gasteiger partial charge on any atom is 0.336 e. The Morgan fingerprint density at radius 2 is 1.44 bits per heavy atom. The second-order valence-corrected chi connectivity index (χ2v) is 5.98. The van der Waals surface area contributed by atoms with Gasteiger partial charge in [-0.15, -0.1) is 0 Å². The van der Waals surface area contributed by atoms with Crippen molar-refractivity contribution >= 4 is 37.8 Å². The van der Waals surface area contributed by atoms with Gasteiger partial charge in [0.15, 0.2) is 0 Å². The van der Waals surface area contributed by atoms with Crippen molar-refractivity contribution in [1.29, 1.82) is 0 Å². The molecular weight excluding hydrogens is 456 g/mol. The van der Waals surface area contributed by atoms with Crippen molar-refractivity contribution in [2.75, 3.05) is 14.2 Å². The van der Waals surface area contributed by atoms with Gasteiger partial charge >= 0.3 is 5.97 Å². The third kappa shape index (κ3) is 7.90. The van der Waals surface area contributed by atoms with E-state index < -0.39 is 5.97 Å². The number of rotatable bonds is 4. The Bertz CT molecular complexity index is 675. The fourth-order valence-electron chi connectivity index (χ4n) is 1.59. The summed E-state index contributed by atoms with van der Waals surface area (Å²) in [5, 5.41) is 17.6. The molecule has 0 heterocycles. The Morgan fingerprint density at radius 3 is 1.88 bits per heavy atom. The highest BCUT2D eigenvalue weighted by Crippen LogP contribution is 2.22. The zero-order valence-electron chi connectivity index (χ0n) is 14.5. The number of aromatic carboxylic acids is 1. The minimum atomic E-state index is -0.972. The number of halogens is 2. The summed E-state index contributed by atoms with van der Waals surface area (Å²) in [6.45, 7) is 4.03. The first-order chi connectivity index (χ1) is 11.9. The number of hydrogen-bond acceptors (Lipinski definition) is 4. The standard InChI is InChI=1S/C8H7BrO3.C8H9BrO2.C2H6/c1-12-5-2-3-7(9)6(4-5)8(10)11;1-11-7-2-3-8(9)6(4-7)5-10;1-2/h2-4H,1H3,(H,10,11);2-4,10H,5H2,1H3;1-2H3. The van der Waals surface area contributed by atoms with E-state index >= 15 is 0 Å². The molecule has 138 valence electrons. The van der Waals surface area contributed by atoms with Gasteiger partial charge in [-0.05, 0) is 57.9 Å². The fourth-order valence-corrected chi connectivity index (χ4v) is 2.38. The molecule has 2 aromatic carbocycles. The molecule has 0 fully saturated rings. The second-order valence-electron chi connectivity index (χ2n) is 4.27. The highest BCUT2D eigenvalue weighted by molar-refractivity contribution is 9.10. The number of benzene rings is 2. The molecule has 2 N–H and O–H groups in total. The van der Waals surface area contributed by atoms with E-state index in [0.717, 1.165) is 15.8 Å². The van der Waals surface area contributed by atoms with Gasteiger partial charge in [-0.2, -0.15) is 0 Å². The van der Waals surface area contributed by atoms with Crippen molar-refractivity contribution in [2.24, 2.45) is 0 Å². The summed E-state index contributed by atoms with van der Waals surface area (Å²) in [5.74, 6) is 0.327. The molecule has 0 amide bonds. The number of carbonyl (C=O) groups is 1. The summed E-state index contributed by atoms with van der Waals surface area (Å²) in [7, 11) is 3.10. The number of aliphatic hydroxyl groups excluding tert-OH is 1. The maximum atomic E-state index is 10.6. The molecule has 0 aliphatic heterocycles. The normalized spacial score (nSPS) is 9.08. The topological polar surface area (TPSA) is 76.0 Å². The highest BCUT2D eigenvalue weighted by Gasteiger charge is 2.08. The molecule has 0 spiro atoms. The fraction of sp³-hybridized carbons (Fsp3) is 0.278. The second kappa shape index (κ2) is 12.7. The first-order valence-electron chi connectivity index (χ1n) is 7.43. The predicted molar refractivity (Wildman–Crippen MR) is 106 cm³/mol. The van der Waals surface area contributed by atoms with Gasteiger partial charge in [0.1, 0.15) is 11.5 Å². The van der Waals surface area contributed by atoms with Gasteiger partial charge in [-0.3, -0.25) is 0 Å². The van der Waals surface area contributed by atoms with Gasteiger partial charge in [0.2, 0.25) is 0 Å². The molecule has 0 radical (unpaired) electrons. The van der Waals surface area contributed by atoms with E-state index in [9.17, 15) is 4.79 Å². The number of aliphatic hydroxyl groups is 1. The lowest BCUT2D eigenvalue weighted by Gasteiger charge is -2.03. The SMILES string of the molecule is CC.COc1ccc(Br)c(C(=O)O)c1.COc1ccc(Br)c(CO)c1. The third-order valence-corrected chi connectivity index (χ3v) is 4.29.